The molecule has 1 N–H and O–H groups in total. The lowest BCUT2D eigenvalue weighted by atomic mass is 10.2. The molecule has 0 unspecified atom stereocenters. The van der Waals surface area contributed by atoms with Crippen molar-refractivity contribution < 1.29 is 22.7 Å². The fourth-order valence-electron chi connectivity index (χ4n) is 2.74. The van der Waals surface area contributed by atoms with Crippen molar-refractivity contribution in [2.75, 3.05) is 30.8 Å². The Hall–Kier alpha value is -2.74. The van der Waals surface area contributed by atoms with E-state index in [1.165, 1.54) is 4.31 Å². The number of ether oxygens (including phenoxy) is 2. The number of methoxy groups -OCH3 is 1. The average molecular weight is 421 g/mol. The van der Waals surface area contributed by atoms with Crippen LogP contribution in [0.3, 0.4) is 0 Å². The maximum absolute atomic E-state index is 12.2. The largest absolute Gasteiger partial charge is 0.497 e. The van der Waals surface area contributed by atoms with Gasteiger partial charge in [0.2, 0.25) is 15.9 Å². The Morgan fingerprint density at radius 3 is 2.31 bits per heavy atom. The van der Waals surface area contributed by atoms with E-state index in [9.17, 15) is 13.2 Å². The van der Waals surface area contributed by atoms with E-state index in [0.717, 1.165) is 12.0 Å². The summed E-state index contributed by atoms with van der Waals surface area (Å²) in [5.41, 5.74) is 0.540. The zero-order chi connectivity index (χ0) is 21.3. The molecule has 0 radical (unpaired) electrons. The molecule has 0 heterocycles. The van der Waals surface area contributed by atoms with Gasteiger partial charge >= 0.3 is 0 Å². The van der Waals surface area contributed by atoms with Crippen molar-refractivity contribution in [2.45, 2.75) is 25.8 Å². The van der Waals surface area contributed by atoms with Crippen LogP contribution in [0.15, 0.2) is 54.6 Å². The second kappa shape index (κ2) is 10.7. The second-order valence-electron chi connectivity index (χ2n) is 6.73. The predicted molar refractivity (Wildman–Crippen MR) is 114 cm³/mol. The van der Waals surface area contributed by atoms with Crippen LogP contribution < -0.4 is 19.1 Å². The Morgan fingerprint density at radius 2 is 1.72 bits per heavy atom. The number of benzene rings is 2. The quantitative estimate of drug-likeness (QED) is 0.604. The highest BCUT2D eigenvalue weighted by molar-refractivity contribution is 7.92. The van der Waals surface area contributed by atoms with Gasteiger partial charge in [-0.1, -0.05) is 18.2 Å². The Morgan fingerprint density at radius 1 is 1.07 bits per heavy atom. The van der Waals surface area contributed by atoms with E-state index in [2.05, 4.69) is 5.32 Å². The van der Waals surface area contributed by atoms with Gasteiger partial charge in [-0.3, -0.25) is 9.10 Å². The lowest BCUT2D eigenvalue weighted by Crippen LogP contribution is -2.37. The number of amides is 1. The monoisotopic (exact) mass is 420 g/mol. The fraction of sp³-hybridized carbons (Fsp3) is 0.381. The summed E-state index contributed by atoms with van der Waals surface area (Å²) in [5.74, 6) is 1.25. The van der Waals surface area contributed by atoms with Gasteiger partial charge in [0, 0.05) is 13.0 Å². The number of hydrogen-bond acceptors (Lipinski definition) is 5. The van der Waals surface area contributed by atoms with Gasteiger partial charge in [-0.2, -0.15) is 0 Å². The first-order valence-corrected chi connectivity index (χ1v) is 11.2. The number of hydrogen-bond donors (Lipinski definition) is 1. The van der Waals surface area contributed by atoms with E-state index in [1.54, 1.807) is 31.4 Å². The summed E-state index contributed by atoms with van der Waals surface area (Å²) < 4.78 is 36.3. The van der Waals surface area contributed by atoms with E-state index in [-0.39, 0.29) is 24.9 Å². The Balaban J connectivity index is 1.81. The van der Waals surface area contributed by atoms with Crippen LogP contribution in [0.5, 0.6) is 11.5 Å². The molecule has 0 saturated heterocycles. The number of nitrogens with zero attached hydrogens (tertiary/aromatic N) is 1. The normalized spacial score (nSPS) is 12.1. The number of sulfonamides is 1. The number of rotatable bonds is 11. The Labute approximate surface area is 172 Å². The summed E-state index contributed by atoms with van der Waals surface area (Å²) in [5, 5.41) is 2.87. The summed E-state index contributed by atoms with van der Waals surface area (Å²) in [6.45, 7) is 2.44. The zero-order valence-electron chi connectivity index (χ0n) is 17.0. The number of para-hydroxylation sites is 1. The molecule has 0 spiro atoms. The fourth-order valence-corrected chi connectivity index (χ4v) is 3.71. The number of carbonyl (C=O) groups is 1. The first-order valence-electron chi connectivity index (χ1n) is 9.38. The first kappa shape index (κ1) is 22.5. The molecule has 2 aromatic rings. The molecule has 0 bridgehead atoms. The SMILES string of the molecule is COc1ccc(N(CCCC(=O)N[C@H](C)COc2ccccc2)S(C)(=O)=O)cc1. The van der Waals surface area contributed by atoms with Crippen LogP contribution >= 0.6 is 0 Å². The standard InChI is InChI=1S/C21H28N2O5S/c1-17(16-28-20-8-5-4-6-9-20)22-21(24)10-7-15-23(29(3,25)26)18-11-13-19(27-2)14-12-18/h4-6,8-9,11-14,17H,7,10,15-16H2,1-3H3,(H,22,24)/t17-/m1/s1. The predicted octanol–water partition coefficient (Wildman–Crippen LogP) is 2.83. The highest BCUT2D eigenvalue weighted by Crippen LogP contribution is 2.22. The van der Waals surface area contributed by atoms with Gasteiger partial charge in [0.15, 0.2) is 0 Å². The first-order chi connectivity index (χ1) is 13.8. The summed E-state index contributed by atoms with van der Waals surface area (Å²) in [6, 6.07) is 16.0. The molecular weight excluding hydrogens is 392 g/mol. The van der Waals surface area contributed by atoms with E-state index >= 15 is 0 Å². The van der Waals surface area contributed by atoms with Crippen molar-refractivity contribution in [2.24, 2.45) is 0 Å². The smallest absolute Gasteiger partial charge is 0.232 e. The molecule has 1 atom stereocenters. The number of carbonyl (C=O) groups excluding carboxylic acids is 1. The van der Waals surface area contributed by atoms with Crippen molar-refractivity contribution in [3.8, 4) is 11.5 Å². The molecule has 0 fully saturated rings. The molecule has 0 aliphatic rings. The minimum absolute atomic E-state index is 0.141. The Bertz CT molecular complexity index is 870. The molecule has 158 valence electrons. The van der Waals surface area contributed by atoms with Crippen LogP contribution in [-0.4, -0.2) is 46.9 Å². The highest BCUT2D eigenvalue weighted by Gasteiger charge is 2.18. The summed E-state index contributed by atoms with van der Waals surface area (Å²) in [7, 11) is -1.91. The molecule has 2 aromatic carbocycles. The maximum Gasteiger partial charge on any atom is 0.232 e. The minimum Gasteiger partial charge on any atom is -0.497 e. The van der Waals surface area contributed by atoms with E-state index in [1.807, 2.05) is 37.3 Å². The number of anilines is 1. The van der Waals surface area contributed by atoms with Gasteiger partial charge < -0.3 is 14.8 Å². The van der Waals surface area contributed by atoms with Crippen LogP contribution in [-0.2, 0) is 14.8 Å². The molecule has 2 rings (SSSR count). The van der Waals surface area contributed by atoms with Gasteiger partial charge in [0.1, 0.15) is 18.1 Å². The molecule has 0 aromatic heterocycles. The van der Waals surface area contributed by atoms with Gasteiger partial charge in [0.25, 0.3) is 0 Å². The van der Waals surface area contributed by atoms with Crippen molar-refractivity contribution in [1.29, 1.82) is 0 Å². The topological polar surface area (TPSA) is 84.9 Å². The van der Waals surface area contributed by atoms with Crippen molar-refractivity contribution in [3.63, 3.8) is 0 Å². The lowest BCUT2D eigenvalue weighted by Gasteiger charge is -2.22. The van der Waals surface area contributed by atoms with Crippen LogP contribution in [0.25, 0.3) is 0 Å². The Kier molecular flexibility index (Phi) is 8.33. The van der Waals surface area contributed by atoms with Gasteiger partial charge in [-0.25, -0.2) is 8.42 Å². The molecule has 7 nitrogen and oxygen atoms in total. The van der Waals surface area contributed by atoms with E-state index in [4.69, 9.17) is 9.47 Å². The van der Waals surface area contributed by atoms with Crippen molar-refractivity contribution in [3.05, 3.63) is 54.6 Å². The van der Waals surface area contributed by atoms with Crippen molar-refractivity contribution >= 4 is 21.6 Å². The van der Waals surface area contributed by atoms with Crippen molar-refractivity contribution in [1.82, 2.24) is 5.32 Å². The number of nitrogens with one attached hydrogen (secondary N) is 1. The highest BCUT2D eigenvalue weighted by atomic mass is 32.2. The second-order valence-corrected chi connectivity index (χ2v) is 8.64. The molecule has 8 heteroatoms. The molecule has 0 aliphatic heterocycles. The summed E-state index contributed by atoms with van der Waals surface area (Å²) >= 11 is 0. The van der Waals surface area contributed by atoms with Crippen LogP contribution in [0.2, 0.25) is 0 Å². The average Bonchev–Trinajstić information content (AvgIpc) is 2.70. The minimum atomic E-state index is -3.46. The van der Waals surface area contributed by atoms with E-state index in [0.29, 0.717) is 24.5 Å². The van der Waals surface area contributed by atoms with Gasteiger partial charge in [-0.05, 0) is 49.7 Å². The zero-order valence-corrected chi connectivity index (χ0v) is 17.8. The summed E-state index contributed by atoms with van der Waals surface area (Å²) in [4.78, 5) is 12.2. The van der Waals surface area contributed by atoms with E-state index < -0.39 is 10.0 Å². The molecular formula is C21H28N2O5S. The summed E-state index contributed by atoms with van der Waals surface area (Å²) in [6.07, 6.45) is 1.77. The maximum atomic E-state index is 12.2. The van der Waals surface area contributed by atoms with Crippen LogP contribution in [0.1, 0.15) is 19.8 Å². The molecule has 0 saturated carbocycles. The third kappa shape index (κ3) is 7.65. The van der Waals surface area contributed by atoms with Crippen LogP contribution in [0.4, 0.5) is 5.69 Å². The lowest BCUT2D eigenvalue weighted by molar-refractivity contribution is -0.121. The molecule has 29 heavy (non-hydrogen) atoms. The molecule has 0 aliphatic carbocycles. The van der Waals surface area contributed by atoms with Gasteiger partial charge in [0.05, 0.1) is 25.1 Å². The third-order valence-corrected chi connectivity index (χ3v) is 5.37. The third-order valence-electron chi connectivity index (χ3n) is 4.18. The van der Waals surface area contributed by atoms with Crippen LogP contribution in [0, 0.1) is 0 Å². The molecule has 1 amide bonds. The van der Waals surface area contributed by atoms with Gasteiger partial charge in [-0.15, -0.1) is 0 Å².